The Hall–Kier alpha value is -2.81. The minimum Gasteiger partial charge on any atom is -0.452 e. The number of carbonyl (C=O) groups is 2. The van der Waals surface area contributed by atoms with Gasteiger partial charge in [-0.05, 0) is 48.2 Å². The van der Waals surface area contributed by atoms with E-state index in [1.54, 1.807) is 0 Å². The maximum atomic E-state index is 12.5. The Labute approximate surface area is 167 Å². The van der Waals surface area contributed by atoms with Crippen LogP contribution in [0.4, 0.5) is 14.5 Å². The maximum absolute atomic E-state index is 12.5. The molecule has 156 valence electrons. The molecule has 0 fully saturated rings. The van der Waals surface area contributed by atoms with Crippen LogP contribution in [0, 0.1) is 0 Å². The van der Waals surface area contributed by atoms with Gasteiger partial charge in [0.05, 0.1) is 10.5 Å². The van der Waals surface area contributed by atoms with Crippen molar-refractivity contribution in [3.05, 3.63) is 59.2 Å². The number of nitrogens with one attached hydrogen (secondary N) is 1. The number of para-hydroxylation sites is 1. The predicted molar refractivity (Wildman–Crippen MR) is 104 cm³/mol. The van der Waals surface area contributed by atoms with E-state index in [0.29, 0.717) is 5.69 Å². The molecule has 9 heteroatoms. The molecular weight excluding hydrogens is 404 g/mol. The highest BCUT2D eigenvalue weighted by molar-refractivity contribution is 7.91. The predicted octanol–water partition coefficient (Wildman–Crippen LogP) is 3.60. The molecule has 0 spiro atoms. The number of benzene rings is 2. The molecule has 0 atom stereocenters. The van der Waals surface area contributed by atoms with Crippen LogP contribution in [0.1, 0.15) is 35.3 Å². The summed E-state index contributed by atoms with van der Waals surface area (Å²) in [4.78, 5) is 23.6. The van der Waals surface area contributed by atoms with E-state index in [9.17, 15) is 26.8 Å². The number of halogens is 2. The number of esters is 1. The van der Waals surface area contributed by atoms with Crippen molar-refractivity contribution in [3.63, 3.8) is 0 Å². The molecular formula is C20H21F2NO5S. The average Bonchev–Trinajstić information content (AvgIpc) is 2.72. The number of hydrogen-bond acceptors (Lipinski definition) is 5. The lowest BCUT2D eigenvalue weighted by Gasteiger charge is -2.14. The smallest absolute Gasteiger partial charge is 0.341 e. The van der Waals surface area contributed by atoms with Crippen LogP contribution >= 0.6 is 0 Å². The summed E-state index contributed by atoms with van der Waals surface area (Å²) in [7, 11) is -4.74. The van der Waals surface area contributed by atoms with Crippen molar-refractivity contribution < 1.29 is 31.5 Å². The molecule has 29 heavy (non-hydrogen) atoms. The number of anilines is 1. The van der Waals surface area contributed by atoms with Crippen LogP contribution in [0.25, 0.3) is 0 Å². The topological polar surface area (TPSA) is 89.5 Å². The minimum absolute atomic E-state index is 0.0609. The van der Waals surface area contributed by atoms with Crippen molar-refractivity contribution in [2.75, 3.05) is 11.9 Å². The summed E-state index contributed by atoms with van der Waals surface area (Å²) in [5, 5.41) is 2.75. The van der Waals surface area contributed by atoms with Crippen LogP contribution in [0.5, 0.6) is 0 Å². The zero-order valence-electron chi connectivity index (χ0n) is 15.9. The summed E-state index contributed by atoms with van der Waals surface area (Å²) in [6, 6.07) is 9.59. The lowest BCUT2D eigenvalue weighted by atomic mass is 10.0. The highest BCUT2D eigenvalue weighted by Gasteiger charge is 2.26. The number of aryl methyl sites for hydroxylation is 2. The number of amides is 1. The van der Waals surface area contributed by atoms with Crippen molar-refractivity contribution in [1.29, 1.82) is 0 Å². The molecule has 2 aromatic carbocycles. The summed E-state index contributed by atoms with van der Waals surface area (Å²) in [6.07, 6.45) is 1.44. The highest BCUT2D eigenvalue weighted by Crippen LogP contribution is 2.22. The fraction of sp³-hybridized carbons (Fsp3) is 0.300. The third kappa shape index (κ3) is 5.38. The lowest BCUT2D eigenvalue weighted by Crippen LogP contribution is -2.22. The van der Waals surface area contributed by atoms with Gasteiger partial charge in [-0.25, -0.2) is 13.2 Å². The van der Waals surface area contributed by atoms with E-state index >= 15 is 0 Å². The Morgan fingerprint density at radius 1 is 1.00 bits per heavy atom. The zero-order valence-corrected chi connectivity index (χ0v) is 16.8. The average molecular weight is 425 g/mol. The molecule has 2 rings (SSSR count). The summed E-state index contributed by atoms with van der Waals surface area (Å²) >= 11 is 0. The van der Waals surface area contributed by atoms with Gasteiger partial charge in [0.1, 0.15) is 0 Å². The Kier molecular flexibility index (Phi) is 7.44. The van der Waals surface area contributed by atoms with Crippen molar-refractivity contribution in [2.45, 2.75) is 37.3 Å². The molecule has 0 saturated carbocycles. The molecule has 6 nitrogen and oxygen atoms in total. The first kappa shape index (κ1) is 22.5. The molecule has 0 aliphatic heterocycles. The number of hydrogen-bond donors (Lipinski definition) is 1. The Morgan fingerprint density at radius 2 is 1.55 bits per heavy atom. The molecule has 0 aliphatic carbocycles. The van der Waals surface area contributed by atoms with E-state index in [2.05, 4.69) is 5.32 Å². The van der Waals surface area contributed by atoms with Gasteiger partial charge in [0.15, 0.2) is 6.61 Å². The van der Waals surface area contributed by atoms with Crippen molar-refractivity contribution in [2.24, 2.45) is 0 Å². The second-order valence-corrected chi connectivity index (χ2v) is 8.03. The van der Waals surface area contributed by atoms with Gasteiger partial charge in [-0.1, -0.05) is 32.0 Å². The second kappa shape index (κ2) is 9.60. The molecule has 0 unspecified atom stereocenters. The van der Waals surface area contributed by atoms with Gasteiger partial charge in [-0.15, -0.1) is 0 Å². The fourth-order valence-corrected chi connectivity index (χ4v) is 3.40. The lowest BCUT2D eigenvalue weighted by molar-refractivity contribution is -0.119. The van der Waals surface area contributed by atoms with Crippen molar-refractivity contribution in [1.82, 2.24) is 0 Å². The number of ether oxygens (including phenoxy) is 1. The van der Waals surface area contributed by atoms with Crippen LogP contribution in [0.2, 0.25) is 0 Å². The van der Waals surface area contributed by atoms with Gasteiger partial charge in [0.2, 0.25) is 9.84 Å². The maximum Gasteiger partial charge on any atom is 0.341 e. The number of alkyl halides is 2. The van der Waals surface area contributed by atoms with E-state index < -0.39 is 39.0 Å². The standard InChI is InChI=1S/C20H21F2NO5S/c1-3-13-6-5-7-14(4-2)18(13)23-17(24)12-28-19(25)15-8-10-16(11-9-15)29(26,27)20(21)22/h5-11,20H,3-4,12H2,1-2H3,(H,23,24). The van der Waals surface area contributed by atoms with Gasteiger partial charge < -0.3 is 10.1 Å². The highest BCUT2D eigenvalue weighted by atomic mass is 32.2. The molecule has 0 aromatic heterocycles. The number of sulfone groups is 1. The van der Waals surface area contributed by atoms with Crippen LogP contribution in [-0.4, -0.2) is 32.7 Å². The van der Waals surface area contributed by atoms with Crippen LogP contribution in [0.15, 0.2) is 47.4 Å². The number of rotatable bonds is 8. The normalized spacial score (nSPS) is 11.3. The second-order valence-electron chi connectivity index (χ2n) is 6.11. The van der Waals surface area contributed by atoms with E-state index in [-0.39, 0.29) is 5.56 Å². The van der Waals surface area contributed by atoms with E-state index in [4.69, 9.17) is 4.74 Å². The number of carbonyl (C=O) groups excluding carboxylic acids is 2. The van der Waals surface area contributed by atoms with Crippen LogP contribution in [0.3, 0.4) is 0 Å². The summed E-state index contributed by atoms with van der Waals surface area (Å²) in [5.74, 6) is -4.95. The summed E-state index contributed by atoms with van der Waals surface area (Å²) in [6.45, 7) is 3.38. The first-order valence-corrected chi connectivity index (χ1v) is 10.4. The first-order chi connectivity index (χ1) is 13.7. The fourth-order valence-electron chi connectivity index (χ4n) is 2.68. The molecule has 1 amide bonds. The van der Waals surface area contributed by atoms with Gasteiger partial charge >= 0.3 is 11.7 Å². The molecule has 0 saturated heterocycles. The third-order valence-corrected chi connectivity index (χ3v) is 5.65. The van der Waals surface area contributed by atoms with Gasteiger partial charge in [-0.3, -0.25) is 4.79 Å². The monoisotopic (exact) mass is 425 g/mol. The van der Waals surface area contributed by atoms with E-state index in [0.717, 1.165) is 48.2 Å². The Morgan fingerprint density at radius 3 is 2.03 bits per heavy atom. The molecule has 1 N–H and O–H groups in total. The summed E-state index contributed by atoms with van der Waals surface area (Å²) < 4.78 is 52.8. The molecule has 0 aliphatic rings. The Balaban J connectivity index is 2.02. The van der Waals surface area contributed by atoms with Crippen LogP contribution in [-0.2, 0) is 32.2 Å². The third-order valence-electron chi connectivity index (χ3n) is 4.25. The zero-order chi connectivity index (χ0) is 21.6. The summed E-state index contributed by atoms with van der Waals surface area (Å²) in [5.41, 5.74) is 2.55. The van der Waals surface area contributed by atoms with Gasteiger partial charge in [-0.2, -0.15) is 8.78 Å². The van der Waals surface area contributed by atoms with Gasteiger partial charge in [0, 0.05) is 5.69 Å². The quantitative estimate of drug-likeness (QED) is 0.653. The molecule has 2 aromatic rings. The van der Waals surface area contributed by atoms with E-state index in [1.807, 2.05) is 32.0 Å². The minimum atomic E-state index is -4.74. The molecule has 0 radical (unpaired) electrons. The van der Waals surface area contributed by atoms with Crippen molar-refractivity contribution in [3.8, 4) is 0 Å². The SMILES string of the molecule is CCc1cccc(CC)c1NC(=O)COC(=O)c1ccc(S(=O)(=O)C(F)F)cc1. The molecule has 0 bridgehead atoms. The first-order valence-electron chi connectivity index (χ1n) is 8.90. The van der Waals surface area contributed by atoms with Crippen LogP contribution < -0.4 is 5.32 Å². The largest absolute Gasteiger partial charge is 0.452 e. The van der Waals surface area contributed by atoms with E-state index in [1.165, 1.54) is 0 Å². The molecule has 0 heterocycles. The van der Waals surface area contributed by atoms with Crippen molar-refractivity contribution >= 4 is 27.4 Å². The van der Waals surface area contributed by atoms with Gasteiger partial charge in [0.25, 0.3) is 5.91 Å². The Bertz CT molecular complexity index is 966.